The van der Waals surface area contributed by atoms with Gasteiger partial charge in [0, 0.05) is 13.0 Å². The average molecular weight is 365 g/mol. The fourth-order valence-electron chi connectivity index (χ4n) is 2.27. The molecular formula is C13H17ClN2O4S2. The molecule has 1 atom stereocenters. The van der Waals surface area contributed by atoms with Gasteiger partial charge in [-0.05, 0) is 31.9 Å². The summed E-state index contributed by atoms with van der Waals surface area (Å²) in [6.45, 7) is 3.92. The highest BCUT2D eigenvalue weighted by Crippen LogP contribution is 2.32. The van der Waals surface area contributed by atoms with E-state index >= 15 is 0 Å². The number of sulfonamides is 1. The maximum atomic E-state index is 12.3. The minimum atomic E-state index is -3.96. The van der Waals surface area contributed by atoms with Gasteiger partial charge in [-0.3, -0.25) is 9.59 Å². The largest absolute Gasteiger partial charge is 0.328 e. The lowest BCUT2D eigenvalue weighted by Gasteiger charge is -2.48. The van der Waals surface area contributed by atoms with Crippen molar-refractivity contribution in [3.63, 3.8) is 0 Å². The van der Waals surface area contributed by atoms with Crippen LogP contribution in [0, 0.1) is 0 Å². The van der Waals surface area contributed by atoms with Gasteiger partial charge in [0.2, 0.25) is 5.91 Å². The molecule has 0 aromatic carbocycles. The first-order valence-corrected chi connectivity index (χ1v) is 9.51. The summed E-state index contributed by atoms with van der Waals surface area (Å²) in [7, 11) is -3.96. The van der Waals surface area contributed by atoms with Gasteiger partial charge in [0.25, 0.3) is 15.9 Å². The van der Waals surface area contributed by atoms with Crippen LogP contribution in [0.4, 0.5) is 0 Å². The highest BCUT2D eigenvalue weighted by Gasteiger charge is 2.50. The van der Waals surface area contributed by atoms with Gasteiger partial charge in [-0.1, -0.05) is 18.5 Å². The molecule has 1 aromatic rings. The number of amides is 2. The molecule has 2 amide bonds. The van der Waals surface area contributed by atoms with Crippen LogP contribution in [0.1, 0.15) is 33.1 Å². The Morgan fingerprint density at radius 1 is 1.45 bits per heavy atom. The first-order chi connectivity index (χ1) is 10.2. The molecule has 1 unspecified atom stereocenters. The van der Waals surface area contributed by atoms with E-state index in [1.165, 1.54) is 17.0 Å². The van der Waals surface area contributed by atoms with Crippen molar-refractivity contribution in [1.29, 1.82) is 0 Å². The molecule has 1 aliphatic heterocycles. The number of nitrogens with one attached hydrogen (secondary N) is 1. The highest BCUT2D eigenvalue weighted by atomic mass is 35.5. The van der Waals surface area contributed by atoms with Gasteiger partial charge in [0.15, 0.2) is 0 Å². The Morgan fingerprint density at radius 2 is 2.14 bits per heavy atom. The number of rotatable bonds is 5. The number of carbonyl (C=O) groups excluding carboxylic acids is 2. The molecule has 2 rings (SSSR count). The van der Waals surface area contributed by atoms with Crippen LogP contribution in [0.2, 0.25) is 4.34 Å². The maximum Gasteiger partial charge on any atom is 0.273 e. The van der Waals surface area contributed by atoms with E-state index in [2.05, 4.69) is 0 Å². The number of likely N-dealkylation sites (tertiary alicyclic amines) is 1. The fraction of sp³-hybridized carbons (Fsp3) is 0.538. The summed E-state index contributed by atoms with van der Waals surface area (Å²) in [5, 5.41) is 0. The van der Waals surface area contributed by atoms with Crippen molar-refractivity contribution in [2.45, 2.75) is 42.9 Å². The lowest BCUT2D eigenvalue weighted by atomic mass is 9.85. The Morgan fingerprint density at radius 3 is 2.59 bits per heavy atom. The molecule has 0 aliphatic carbocycles. The molecule has 1 fully saturated rings. The average Bonchev–Trinajstić information content (AvgIpc) is 2.83. The second-order valence-electron chi connectivity index (χ2n) is 5.31. The van der Waals surface area contributed by atoms with E-state index < -0.39 is 21.5 Å². The molecule has 1 saturated heterocycles. The molecule has 1 aromatic heterocycles. The van der Waals surface area contributed by atoms with Crippen LogP contribution in [0.3, 0.4) is 0 Å². The maximum absolute atomic E-state index is 12.3. The molecule has 1 N–H and O–H groups in total. The zero-order chi connectivity index (χ0) is 16.5. The van der Waals surface area contributed by atoms with E-state index in [0.29, 0.717) is 30.1 Å². The van der Waals surface area contributed by atoms with Crippen molar-refractivity contribution in [2.24, 2.45) is 0 Å². The Kier molecular flexibility index (Phi) is 4.84. The van der Waals surface area contributed by atoms with Crippen LogP contribution in [-0.4, -0.2) is 37.2 Å². The summed E-state index contributed by atoms with van der Waals surface area (Å²) in [6, 6.07) is 2.79. The third-order valence-electron chi connectivity index (χ3n) is 3.71. The summed E-state index contributed by atoms with van der Waals surface area (Å²) in [4.78, 5) is 25.7. The standard InChI is InChI=1S/C13H17ClN2O4S2/c1-3-4-10(17)16-8-7-13(16,2)12(18)15-22(19,20)11-6-5-9(14)21-11/h5-6H,3-4,7-8H2,1-2H3,(H,15,18). The van der Waals surface area contributed by atoms with Crippen molar-refractivity contribution < 1.29 is 18.0 Å². The van der Waals surface area contributed by atoms with Crippen LogP contribution in [-0.2, 0) is 19.6 Å². The Bertz CT molecular complexity index is 701. The summed E-state index contributed by atoms with van der Waals surface area (Å²) in [6.07, 6.45) is 1.46. The molecule has 22 heavy (non-hydrogen) atoms. The van der Waals surface area contributed by atoms with E-state index in [1.807, 2.05) is 11.6 Å². The zero-order valence-corrected chi connectivity index (χ0v) is 14.6. The van der Waals surface area contributed by atoms with Crippen molar-refractivity contribution in [1.82, 2.24) is 9.62 Å². The van der Waals surface area contributed by atoms with Crippen molar-refractivity contribution in [3.8, 4) is 0 Å². The topological polar surface area (TPSA) is 83.6 Å². The molecular weight excluding hydrogens is 348 g/mol. The van der Waals surface area contributed by atoms with Gasteiger partial charge in [0.1, 0.15) is 9.75 Å². The minimum absolute atomic E-state index is 0.0276. The van der Waals surface area contributed by atoms with Crippen LogP contribution >= 0.6 is 22.9 Å². The smallest absolute Gasteiger partial charge is 0.273 e. The van der Waals surface area contributed by atoms with Gasteiger partial charge in [-0.25, -0.2) is 13.1 Å². The van der Waals surface area contributed by atoms with Gasteiger partial charge in [-0.2, -0.15) is 0 Å². The Balaban J connectivity index is 2.13. The third-order valence-corrected chi connectivity index (χ3v) is 6.77. The van der Waals surface area contributed by atoms with Crippen LogP contribution < -0.4 is 4.72 Å². The molecule has 9 heteroatoms. The lowest BCUT2D eigenvalue weighted by molar-refractivity contribution is -0.156. The number of carbonyl (C=O) groups is 2. The van der Waals surface area contributed by atoms with E-state index in [9.17, 15) is 18.0 Å². The van der Waals surface area contributed by atoms with Gasteiger partial charge in [0.05, 0.1) is 4.34 Å². The molecule has 0 spiro atoms. The van der Waals surface area contributed by atoms with Crippen molar-refractivity contribution in [2.75, 3.05) is 6.54 Å². The molecule has 1 aliphatic rings. The van der Waals surface area contributed by atoms with E-state index in [1.54, 1.807) is 6.92 Å². The molecule has 6 nitrogen and oxygen atoms in total. The summed E-state index contributed by atoms with van der Waals surface area (Å²) in [5.41, 5.74) is -1.11. The predicted octanol–water partition coefficient (Wildman–Crippen LogP) is 2.00. The number of thiophene rings is 1. The van der Waals surface area contributed by atoms with Crippen molar-refractivity contribution >= 4 is 44.8 Å². The zero-order valence-electron chi connectivity index (χ0n) is 12.3. The van der Waals surface area contributed by atoms with Gasteiger partial charge >= 0.3 is 0 Å². The molecule has 0 bridgehead atoms. The third kappa shape index (κ3) is 3.13. The van der Waals surface area contributed by atoms with E-state index in [-0.39, 0.29) is 10.1 Å². The van der Waals surface area contributed by atoms with Crippen molar-refractivity contribution in [3.05, 3.63) is 16.5 Å². The molecule has 122 valence electrons. The SMILES string of the molecule is CCCC(=O)N1CCC1(C)C(=O)NS(=O)(=O)c1ccc(Cl)s1. The van der Waals surface area contributed by atoms with Crippen LogP contribution in [0.25, 0.3) is 0 Å². The molecule has 2 heterocycles. The Labute approximate surface area is 138 Å². The van der Waals surface area contributed by atoms with E-state index in [4.69, 9.17) is 11.6 Å². The van der Waals surface area contributed by atoms with Crippen LogP contribution in [0.5, 0.6) is 0 Å². The lowest BCUT2D eigenvalue weighted by Crippen LogP contribution is -2.67. The summed E-state index contributed by atoms with van der Waals surface area (Å²) >= 11 is 6.59. The number of halogens is 1. The van der Waals surface area contributed by atoms with Gasteiger partial charge in [-0.15, -0.1) is 11.3 Å². The first-order valence-electron chi connectivity index (χ1n) is 6.84. The van der Waals surface area contributed by atoms with Crippen LogP contribution in [0.15, 0.2) is 16.3 Å². The normalized spacial score (nSPS) is 21.3. The number of hydrogen-bond acceptors (Lipinski definition) is 5. The highest BCUT2D eigenvalue weighted by molar-refractivity contribution is 7.92. The molecule has 0 saturated carbocycles. The summed E-state index contributed by atoms with van der Waals surface area (Å²) < 4.78 is 26.7. The quantitative estimate of drug-likeness (QED) is 0.866. The monoisotopic (exact) mass is 364 g/mol. The van der Waals surface area contributed by atoms with E-state index in [0.717, 1.165) is 11.3 Å². The Hall–Kier alpha value is -1.12. The predicted molar refractivity (Wildman–Crippen MR) is 84.3 cm³/mol. The first kappa shape index (κ1) is 17.2. The minimum Gasteiger partial charge on any atom is -0.328 e. The number of hydrogen-bond donors (Lipinski definition) is 1. The fourth-order valence-corrected chi connectivity index (χ4v) is 4.83. The summed E-state index contributed by atoms with van der Waals surface area (Å²) in [5.74, 6) is -0.823. The molecule has 0 radical (unpaired) electrons. The van der Waals surface area contributed by atoms with Gasteiger partial charge < -0.3 is 4.90 Å². The number of nitrogens with zero attached hydrogens (tertiary/aromatic N) is 1. The second-order valence-corrected chi connectivity index (χ2v) is 8.94. The second kappa shape index (κ2) is 6.17.